The molecule has 0 atom stereocenters. The molecule has 9 aromatic carbocycles. The van der Waals surface area contributed by atoms with Gasteiger partial charge in [0.2, 0.25) is 0 Å². The van der Waals surface area contributed by atoms with Gasteiger partial charge in [0.25, 0.3) is 0 Å². The van der Waals surface area contributed by atoms with E-state index in [1.807, 2.05) is 34.8 Å². The molecule has 0 N–H and O–H groups in total. The maximum atomic E-state index is 6.20. The standard InChI is InChI=1S/C57H38N2OS2/c1-37-13-10-19-44(33-37)59(46-30-32-53-51(36-46)48-21-8-9-24-52(48)60-53)43-28-25-38(26-29-43)47-22-12-23-50-55-49-31-27-40(35-54(49)61-57(55)62-56(47)50)39-14-11-20-45(34-39)58(41-15-4-2-5-16-41)42-17-6-3-7-18-42/h2-36H,1H3. The van der Waals surface area contributed by atoms with E-state index in [2.05, 4.69) is 217 Å². The lowest BCUT2D eigenvalue weighted by Crippen LogP contribution is -2.10. The number of benzene rings is 9. The first-order valence-electron chi connectivity index (χ1n) is 20.9. The molecule has 12 rings (SSSR count). The van der Waals surface area contributed by atoms with Crippen molar-refractivity contribution in [3.63, 3.8) is 0 Å². The van der Waals surface area contributed by atoms with E-state index in [1.165, 1.54) is 57.4 Å². The minimum absolute atomic E-state index is 0.895. The maximum Gasteiger partial charge on any atom is 0.135 e. The summed E-state index contributed by atoms with van der Waals surface area (Å²) in [6.07, 6.45) is 0. The van der Waals surface area contributed by atoms with Crippen molar-refractivity contribution in [1.82, 2.24) is 0 Å². The molecule has 294 valence electrons. The molecule has 3 nitrogen and oxygen atoms in total. The third-order valence-corrected chi connectivity index (χ3v) is 14.4. The number of thiophene rings is 2. The summed E-state index contributed by atoms with van der Waals surface area (Å²) in [5.41, 5.74) is 14.6. The highest BCUT2D eigenvalue weighted by molar-refractivity contribution is 7.44. The Kier molecular flexibility index (Phi) is 8.77. The average molecular weight is 831 g/mol. The van der Waals surface area contributed by atoms with Crippen molar-refractivity contribution in [3.05, 3.63) is 218 Å². The van der Waals surface area contributed by atoms with Gasteiger partial charge in [-0.1, -0.05) is 121 Å². The van der Waals surface area contributed by atoms with Crippen molar-refractivity contribution < 1.29 is 4.42 Å². The molecule has 3 aromatic heterocycles. The second kappa shape index (κ2) is 14.9. The Morgan fingerprint density at radius 1 is 0.371 bits per heavy atom. The van der Waals surface area contributed by atoms with Gasteiger partial charge in [0.15, 0.2) is 0 Å². The number of rotatable bonds is 8. The summed E-state index contributed by atoms with van der Waals surface area (Å²) in [6.45, 7) is 2.15. The molecule has 62 heavy (non-hydrogen) atoms. The highest BCUT2D eigenvalue weighted by Gasteiger charge is 2.19. The Balaban J connectivity index is 0.897. The van der Waals surface area contributed by atoms with E-state index in [4.69, 9.17) is 4.42 Å². The van der Waals surface area contributed by atoms with Crippen LogP contribution >= 0.6 is 22.7 Å². The van der Waals surface area contributed by atoms with Crippen LogP contribution in [0.5, 0.6) is 0 Å². The quantitative estimate of drug-likeness (QED) is 0.152. The van der Waals surface area contributed by atoms with Crippen LogP contribution in [0.4, 0.5) is 34.1 Å². The molecule has 0 fully saturated rings. The van der Waals surface area contributed by atoms with Gasteiger partial charge in [0.1, 0.15) is 11.2 Å². The lowest BCUT2D eigenvalue weighted by molar-refractivity contribution is 0.669. The molecule has 5 heteroatoms. The van der Waals surface area contributed by atoms with Crippen LogP contribution < -0.4 is 9.80 Å². The zero-order valence-electron chi connectivity index (χ0n) is 33.8. The number of anilines is 6. The highest BCUT2D eigenvalue weighted by atomic mass is 32.2. The predicted octanol–water partition coefficient (Wildman–Crippen LogP) is 17.8. The van der Waals surface area contributed by atoms with Gasteiger partial charge in [-0.3, -0.25) is 0 Å². The summed E-state index contributed by atoms with van der Waals surface area (Å²) in [7, 11) is 0. The Labute approximate surface area is 367 Å². The van der Waals surface area contributed by atoms with Crippen molar-refractivity contribution in [2.75, 3.05) is 9.80 Å². The number of hydrogen-bond donors (Lipinski definition) is 0. The number of nitrogens with zero attached hydrogens (tertiary/aromatic N) is 2. The molecular formula is C57H38N2OS2. The molecule has 0 bridgehead atoms. The SMILES string of the molecule is Cc1cccc(N(c2ccc(-c3cccc4c3sc3sc5cc(-c6cccc(N(c7ccccc7)c7ccccc7)c6)ccc5c34)cc2)c2ccc3oc4ccccc4c3c2)c1. The molecule has 0 aliphatic heterocycles. The van der Waals surface area contributed by atoms with E-state index < -0.39 is 0 Å². The average Bonchev–Trinajstić information content (AvgIpc) is 4.00. The number of aryl methyl sites for hydroxylation is 1. The Morgan fingerprint density at radius 3 is 1.74 bits per heavy atom. The first kappa shape index (κ1) is 36.4. The van der Waals surface area contributed by atoms with Gasteiger partial charge in [0.05, 0.1) is 4.01 Å². The molecule has 12 aromatic rings. The summed E-state index contributed by atoms with van der Waals surface area (Å²) in [5, 5.41) is 6.23. The highest BCUT2D eigenvalue weighted by Crippen LogP contribution is 2.48. The minimum atomic E-state index is 0.895. The third kappa shape index (κ3) is 6.25. The van der Waals surface area contributed by atoms with E-state index >= 15 is 0 Å². The molecule has 0 aliphatic carbocycles. The largest absolute Gasteiger partial charge is 0.456 e. The molecule has 0 unspecified atom stereocenters. The lowest BCUT2D eigenvalue weighted by atomic mass is 10.0. The van der Waals surface area contributed by atoms with Crippen LogP contribution in [0.3, 0.4) is 0 Å². The second-order valence-corrected chi connectivity index (χ2v) is 18.1. The van der Waals surface area contributed by atoms with E-state index in [-0.39, 0.29) is 0 Å². The zero-order valence-corrected chi connectivity index (χ0v) is 35.5. The summed E-state index contributed by atoms with van der Waals surface area (Å²) >= 11 is 3.82. The van der Waals surface area contributed by atoms with Gasteiger partial charge >= 0.3 is 0 Å². The van der Waals surface area contributed by atoms with Crippen LogP contribution in [0.1, 0.15) is 5.56 Å². The molecule has 0 saturated heterocycles. The monoisotopic (exact) mass is 830 g/mol. The van der Waals surface area contributed by atoms with Crippen LogP contribution in [0, 0.1) is 6.92 Å². The van der Waals surface area contributed by atoms with Gasteiger partial charge in [-0.25, -0.2) is 0 Å². The van der Waals surface area contributed by atoms with Gasteiger partial charge in [0, 0.05) is 70.5 Å². The Hall–Kier alpha value is -7.44. The second-order valence-electron chi connectivity index (χ2n) is 15.8. The number of fused-ring (bicyclic) bond motifs is 8. The Morgan fingerprint density at radius 2 is 0.952 bits per heavy atom. The molecule has 0 aliphatic rings. The van der Waals surface area contributed by atoms with Crippen LogP contribution in [0.25, 0.3) is 73.8 Å². The van der Waals surface area contributed by atoms with Crippen molar-refractivity contribution in [1.29, 1.82) is 0 Å². The molecule has 0 saturated carbocycles. The van der Waals surface area contributed by atoms with Gasteiger partial charge < -0.3 is 14.2 Å². The van der Waals surface area contributed by atoms with Crippen molar-refractivity contribution in [2.24, 2.45) is 0 Å². The van der Waals surface area contributed by atoms with Gasteiger partial charge in [-0.2, -0.15) is 0 Å². The van der Waals surface area contributed by atoms with Crippen LogP contribution in [0.15, 0.2) is 217 Å². The van der Waals surface area contributed by atoms with Crippen LogP contribution in [0.2, 0.25) is 0 Å². The zero-order chi connectivity index (χ0) is 41.1. The van der Waals surface area contributed by atoms with Gasteiger partial charge in [-0.15, -0.1) is 22.7 Å². The normalized spacial score (nSPS) is 11.6. The Bertz CT molecular complexity index is 3560. The molecule has 0 spiro atoms. The first-order valence-corrected chi connectivity index (χ1v) is 22.5. The maximum absolute atomic E-state index is 6.20. The lowest BCUT2D eigenvalue weighted by Gasteiger charge is -2.26. The summed E-state index contributed by atoms with van der Waals surface area (Å²) in [5.74, 6) is 0. The van der Waals surface area contributed by atoms with Gasteiger partial charge in [-0.05, 0) is 126 Å². The molecule has 0 radical (unpaired) electrons. The topological polar surface area (TPSA) is 19.6 Å². The number of para-hydroxylation sites is 3. The van der Waals surface area contributed by atoms with E-state index in [1.54, 1.807) is 0 Å². The minimum Gasteiger partial charge on any atom is -0.456 e. The summed E-state index contributed by atoms with van der Waals surface area (Å²) in [4.78, 5) is 4.67. The molecule has 3 heterocycles. The molecular weight excluding hydrogens is 793 g/mol. The van der Waals surface area contributed by atoms with E-state index in [0.29, 0.717) is 0 Å². The van der Waals surface area contributed by atoms with E-state index in [9.17, 15) is 0 Å². The van der Waals surface area contributed by atoms with Crippen molar-refractivity contribution in [2.45, 2.75) is 6.92 Å². The van der Waals surface area contributed by atoms with Crippen LogP contribution in [-0.2, 0) is 0 Å². The number of hydrogen-bond acceptors (Lipinski definition) is 5. The smallest absolute Gasteiger partial charge is 0.135 e. The molecule has 0 amide bonds. The summed E-state index contributed by atoms with van der Waals surface area (Å²) in [6, 6.07) is 76.5. The van der Waals surface area contributed by atoms with Crippen molar-refractivity contribution in [3.8, 4) is 22.3 Å². The summed E-state index contributed by atoms with van der Waals surface area (Å²) < 4.78 is 10.2. The van der Waals surface area contributed by atoms with Crippen molar-refractivity contribution >= 4 is 108 Å². The number of furan rings is 1. The fourth-order valence-electron chi connectivity index (χ4n) is 9.03. The fraction of sp³-hybridized carbons (Fsp3) is 0.0175. The predicted molar refractivity (Wildman–Crippen MR) is 267 cm³/mol. The fourth-order valence-corrected chi connectivity index (χ4v) is 11.8. The first-order chi connectivity index (χ1) is 30.6. The third-order valence-electron chi connectivity index (χ3n) is 11.9. The van der Waals surface area contributed by atoms with Crippen LogP contribution in [-0.4, -0.2) is 0 Å². The van der Waals surface area contributed by atoms with E-state index in [0.717, 1.165) is 56.1 Å².